The van der Waals surface area contributed by atoms with Crippen molar-refractivity contribution in [3.05, 3.63) is 0 Å². The molecular weight excluding hydrogens is 252 g/mol. The highest BCUT2D eigenvalue weighted by molar-refractivity contribution is 5.79. The van der Waals surface area contributed by atoms with Crippen LogP contribution >= 0.6 is 0 Å². The van der Waals surface area contributed by atoms with Gasteiger partial charge in [0.05, 0.1) is 13.2 Å². The van der Waals surface area contributed by atoms with Crippen molar-refractivity contribution in [2.24, 2.45) is 0 Å². The average Bonchev–Trinajstić information content (AvgIpc) is 2.91. The molecule has 1 aliphatic heterocycles. The Kier molecular flexibility index (Phi) is 5.85. The third kappa shape index (κ3) is 3.73. The first kappa shape index (κ1) is 15.8. The lowest BCUT2D eigenvalue weighted by molar-refractivity contribution is -0.139. The van der Waals surface area contributed by atoms with Crippen LogP contribution in [0.5, 0.6) is 0 Å². The number of likely N-dealkylation sites (tertiary alicyclic amines) is 1. The van der Waals surface area contributed by atoms with Crippen molar-refractivity contribution in [2.45, 2.75) is 76.9 Å². The molecule has 0 aromatic heterocycles. The van der Waals surface area contributed by atoms with E-state index in [1.807, 2.05) is 0 Å². The molecule has 0 spiro atoms. The molecule has 2 aliphatic rings. The second-order valence-electron chi connectivity index (χ2n) is 6.56. The standard InChI is InChI=1S/C16H30N2O2/c1-13-6-5-7-14(2)18(13)16(20)12-17(10-11-19)15-8-3-4-9-15/h13-15,19H,3-12H2,1-2H3. The summed E-state index contributed by atoms with van der Waals surface area (Å²) in [4.78, 5) is 17.0. The van der Waals surface area contributed by atoms with Gasteiger partial charge in [-0.05, 0) is 46.0 Å². The van der Waals surface area contributed by atoms with E-state index in [9.17, 15) is 9.90 Å². The molecule has 1 amide bonds. The number of piperidine rings is 1. The number of hydrogen-bond acceptors (Lipinski definition) is 3. The minimum atomic E-state index is 0.148. The molecule has 4 heteroatoms. The van der Waals surface area contributed by atoms with Crippen molar-refractivity contribution >= 4 is 5.91 Å². The fraction of sp³-hybridized carbons (Fsp3) is 0.938. The molecule has 116 valence electrons. The Morgan fingerprint density at radius 3 is 2.25 bits per heavy atom. The quantitative estimate of drug-likeness (QED) is 0.839. The fourth-order valence-electron chi connectivity index (χ4n) is 3.96. The zero-order valence-corrected chi connectivity index (χ0v) is 13.1. The summed E-state index contributed by atoms with van der Waals surface area (Å²) in [6.07, 6.45) is 8.36. The first-order chi connectivity index (χ1) is 9.63. The first-order valence-electron chi connectivity index (χ1n) is 8.29. The Bertz CT molecular complexity index is 306. The maximum absolute atomic E-state index is 12.7. The van der Waals surface area contributed by atoms with Gasteiger partial charge in [0.25, 0.3) is 0 Å². The van der Waals surface area contributed by atoms with Gasteiger partial charge in [0.2, 0.25) is 5.91 Å². The van der Waals surface area contributed by atoms with Crippen molar-refractivity contribution in [3.8, 4) is 0 Å². The number of aliphatic hydroxyl groups excluding tert-OH is 1. The molecule has 0 radical (unpaired) electrons. The van der Waals surface area contributed by atoms with Crippen LogP contribution in [-0.2, 0) is 4.79 Å². The highest BCUT2D eigenvalue weighted by atomic mass is 16.3. The predicted octanol–water partition coefficient (Wildman–Crippen LogP) is 2.01. The molecule has 1 saturated carbocycles. The molecule has 0 bridgehead atoms. The van der Waals surface area contributed by atoms with E-state index in [0.717, 1.165) is 12.8 Å². The predicted molar refractivity (Wildman–Crippen MR) is 80.5 cm³/mol. The van der Waals surface area contributed by atoms with Gasteiger partial charge in [-0.25, -0.2) is 0 Å². The summed E-state index contributed by atoms with van der Waals surface area (Å²) in [7, 11) is 0. The van der Waals surface area contributed by atoms with Crippen molar-refractivity contribution in [1.29, 1.82) is 0 Å². The maximum atomic E-state index is 12.7. The molecule has 1 aliphatic carbocycles. The third-order valence-electron chi connectivity index (χ3n) is 5.05. The zero-order chi connectivity index (χ0) is 14.5. The second-order valence-corrected chi connectivity index (χ2v) is 6.56. The summed E-state index contributed by atoms with van der Waals surface area (Å²) >= 11 is 0. The van der Waals surface area contributed by atoms with Gasteiger partial charge in [-0.2, -0.15) is 0 Å². The van der Waals surface area contributed by atoms with Gasteiger partial charge in [-0.15, -0.1) is 0 Å². The molecule has 1 heterocycles. The molecule has 2 fully saturated rings. The van der Waals surface area contributed by atoms with E-state index in [4.69, 9.17) is 0 Å². The summed E-state index contributed by atoms with van der Waals surface area (Å²) in [5.41, 5.74) is 0. The number of rotatable bonds is 5. The first-order valence-corrected chi connectivity index (χ1v) is 8.29. The number of nitrogens with zero attached hydrogens (tertiary/aromatic N) is 2. The lowest BCUT2D eigenvalue weighted by Gasteiger charge is -2.40. The third-order valence-corrected chi connectivity index (χ3v) is 5.05. The van der Waals surface area contributed by atoms with Crippen LogP contribution in [0.2, 0.25) is 0 Å². The molecule has 4 nitrogen and oxygen atoms in total. The van der Waals surface area contributed by atoms with Crippen LogP contribution in [0.3, 0.4) is 0 Å². The summed E-state index contributed by atoms with van der Waals surface area (Å²) < 4.78 is 0. The van der Waals surface area contributed by atoms with Crippen LogP contribution in [0.1, 0.15) is 58.8 Å². The Morgan fingerprint density at radius 2 is 1.70 bits per heavy atom. The van der Waals surface area contributed by atoms with Crippen molar-refractivity contribution in [2.75, 3.05) is 19.7 Å². The van der Waals surface area contributed by atoms with Gasteiger partial charge < -0.3 is 10.0 Å². The molecule has 2 rings (SSSR count). The summed E-state index contributed by atoms with van der Waals surface area (Å²) in [5.74, 6) is 0.255. The lowest BCUT2D eigenvalue weighted by Crippen LogP contribution is -2.52. The van der Waals surface area contributed by atoms with Crippen LogP contribution in [0, 0.1) is 0 Å². The van der Waals surface area contributed by atoms with E-state index in [1.54, 1.807) is 0 Å². The minimum absolute atomic E-state index is 0.148. The highest BCUT2D eigenvalue weighted by Crippen LogP contribution is 2.25. The second kappa shape index (κ2) is 7.41. The monoisotopic (exact) mass is 282 g/mol. The largest absolute Gasteiger partial charge is 0.395 e. The van der Waals surface area contributed by atoms with E-state index < -0.39 is 0 Å². The average molecular weight is 282 g/mol. The topological polar surface area (TPSA) is 43.8 Å². The van der Waals surface area contributed by atoms with E-state index in [-0.39, 0.29) is 12.5 Å². The molecule has 2 unspecified atom stereocenters. The smallest absolute Gasteiger partial charge is 0.237 e. The Balaban J connectivity index is 1.95. The Hall–Kier alpha value is -0.610. The van der Waals surface area contributed by atoms with Gasteiger partial charge in [0.15, 0.2) is 0 Å². The van der Waals surface area contributed by atoms with Gasteiger partial charge in [-0.3, -0.25) is 9.69 Å². The Morgan fingerprint density at radius 1 is 1.10 bits per heavy atom. The van der Waals surface area contributed by atoms with Gasteiger partial charge in [0, 0.05) is 24.7 Å². The Labute approximate surface area is 123 Å². The maximum Gasteiger partial charge on any atom is 0.237 e. The summed E-state index contributed by atoms with van der Waals surface area (Å²) in [6.45, 7) is 5.60. The number of hydrogen-bond donors (Lipinski definition) is 1. The van der Waals surface area contributed by atoms with E-state index >= 15 is 0 Å². The van der Waals surface area contributed by atoms with Gasteiger partial charge in [0.1, 0.15) is 0 Å². The summed E-state index contributed by atoms with van der Waals surface area (Å²) in [6, 6.07) is 1.23. The molecule has 2 atom stereocenters. The molecule has 1 saturated heterocycles. The highest BCUT2D eigenvalue weighted by Gasteiger charge is 2.31. The molecular formula is C16H30N2O2. The molecule has 1 N–H and O–H groups in total. The molecule has 0 aromatic carbocycles. The van der Waals surface area contributed by atoms with E-state index in [0.29, 0.717) is 31.2 Å². The number of carbonyl (C=O) groups is 1. The number of amides is 1. The zero-order valence-electron chi connectivity index (χ0n) is 13.1. The van der Waals surface area contributed by atoms with Gasteiger partial charge >= 0.3 is 0 Å². The van der Waals surface area contributed by atoms with E-state index in [1.165, 1.54) is 32.1 Å². The minimum Gasteiger partial charge on any atom is -0.395 e. The van der Waals surface area contributed by atoms with Crippen molar-refractivity contribution in [3.63, 3.8) is 0 Å². The SMILES string of the molecule is CC1CCCC(C)N1C(=O)CN(CCO)C1CCCC1. The van der Waals surface area contributed by atoms with Crippen LogP contribution in [0.25, 0.3) is 0 Å². The number of carbonyl (C=O) groups excluding carboxylic acids is 1. The summed E-state index contributed by atoms with van der Waals surface area (Å²) in [5, 5.41) is 9.26. The van der Waals surface area contributed by atoms with Crippen molar-refractivity contribution in [1.82, 2.24) is 9.80 Å². The van der Waals surface area contributed by atoms with Crippen LogP contribution in [-0.4, -0.2) is 58.6 Å². The van der Waals surface area contributed by atoms with Gasteiger partial charge in [-0.1, -0.05) is 12.8 Å². The molecule has 20 heavy (non-hydrogen) atoms. The lowest BCUT2D eigenvalue weighted by atomic mass is 9.97. The van der Waals surface area contributed by atoms with Crippen molar-refractivity contribution < 1.29 is 9.90 Å². The van der Waals surface area contributed by atoms with Crippen LogP contribution < -0.4 is 0 Å². The van der Waals surface area contributed by atoms with Crippen LogP contribution in [0.15, 0.2) is 0 Å². The fourth-order valence-corrected chi connectivity index (χ4v) is 3.96. The van der Waals surface area contributed by atoms with Crippen LogP contribution in [0.4, 0.5) is 0 Å². The molecule has 0 aromatic rings. The normalized spacial score (nSPS) is 28.3. The van der Waals surface area contributed by atoms with E-state index in [2.05, 4.69) is 23.6 Å². The number of aliphatic hydroxyl groups is 1.